The first kappa shape index (κ1) is 20.1. The second-order valence-corrected chi connectivity index (χ2v) is 7.04. The molecule has 2 aromatic carbocycles. The minimum absolute atomic E-state index is 0.103. The van der Waals surface area contributed by atoms with E-state index in [0.717, 1.165) is 5.75 Å². The Hall–Kier alpha value is -3.26. The maximum Gasteiger partial charge on any atom is 0.259 e. The predicted octanol–water partition coefficient (Wildman–Crippen LogP) is 3.83. The zero-order valence-corrected chi connectivity index (χ0v) is 15.9. The molecule has 0 aromatic heterocycles. The lowest BCUT2D eigenvalue weighted by atomic mass is 9.87. The van der Waals surface area contributed by atoms with Crippen LogP contribution in [-0.2, 0) is 10.2 Å². The van der Waals surface area contributed by atoms with Crippen molar-refractivity contribution in [1.29, 1.82) is 5.26 Å². The summed E-state index contributed by atoms with van der Waals surface area (Å²) in [5.41, 5.74) is 7.02. The van der Waals surface area contributed by atoms with E-state index in [2.05, 4.69) is 32.9 Å². The summed E-state index contributed by atoms with van der Waals surface area (Å²) in [5, 5.41) is 8.98. The Morgan fingerprint density at radius 3 is 2.30 bits per heavy atom. The highest BCUT2D eigenvalue weighted by molar-refractivity contribution is 6.00. The van der Waals surface area contributed by atoms with E-state index in [1.165, 1.54) is 11.6 Å². The third-order valence-electron chi connectivity index (χ3n) is 3.93. The number of para-hydroxylation sites is 1. The monoisotopic (exact) mass is 364 g/mol. The molecule has 0 saturated carbocycles. The number of nitriles is 1. The molecule has 0 aliphatic carbocycles. The van der Waals surface area contributed by atoms with Crippen LogP contribution in [0.4, 0.5) is 0 Å². The number of amides is 1. The third kappa shape index (κ3) is 5.89. The standard InChI is InChI=1S/C22H24N2O3/c1-22(2,3)18-8-10-19(11-9-18)26-12-13-27-20-7-5-4-6-16(20)14-17(15-23)21(24)25/h4-11,14H,12-13H2,1-3H3,(H2,24,25)/b17-14+. The third-order valence-corrected chi connectivity index (χ3v) is 3.93. The van der Waals surface area contributed by atoms with Gasteiger partial charge in [-0.1, -0.05) is 51.1 Å². The zero-order valence-electron chi connectivity index (χ0n) is 15.9. The van der Waals surface area contributed by atoms with Crippen molar-refractivity contribution >= 4 is 12.0 Å². The number of nitrogens with zero attached hydrogens (tertiary/aromatic N) is 1. The largest absolute Gasteiger partial charge is 0.490 e. The number of ether oxygens (including phenoxy) is 2. The van der Waals surface area contributed by atoms with Crippen molar-refractivity contribution < 1.29 is 14.3 Å². The van der Waals surface area contributed by atoms with E-state index in [1.54, 1.807) is 24.3 Å². The van der Waals surface area contributed by atoms with Crippen LogP contribution in [0.15, 0.2) is 54.1 Å². The molecule has 5 nitrogen and oxygen atoms in total. The fraction of sp³-hybridized carbons (Fsp3) is 0.273. The summed E-state index contributed by atoms with van der Waals surface area (Å²) in [4.78, 5) is 11.2. The van der Waals surface area contributed by atoms with Gasteiger partial charge in [0.25, 0.3) is 5.91 Å². The van der Waals surface area contributed by atoms with E-state index in [4.69, 9.17) is 20.5 Å². The van der Waals surface area contributed by atoms with Gasteiger partial charge in [0.15, 0.2) is 0 Å². The first-order chi connectivity index (χ1) is 12.8. The fourth-order valence-electron chi connectivity index (χ4n) is 2.41. The van der Waals surface area contributed by atoms with Crippen LogP contribution in [-0.4, -0.2) is 19.1 Å². The topological polar surface area (TPSA) is 85.3 Å². The Morgan fingerprint density at radius 1 is 1.07 bits per heavy atom. The molecule has 2 N–H and O–H groups in total. The lowest BCUT2D eigenvalue weighted by Gasteiger charge is -2.19. The molecule has 0 aliphatic heterocycles. The van der Waals surface area contributed by atoms with E-state index in [-0.39, 0.29) is 11.0 Å². The Morgan fingerprint density at radius 2 is 1.70 bits per heavy atom. The highest BCUT2D eigenvalue weighted by Crippen LogP contribution is 2.24. The van der Waals surface area contributed by atoms with Gasteiger partial charge < -0.3 is 15.2 Å². The van der Waals surface area contributed by atoms with Crippen molar-refractivity contribution in [3.8, 4) is 17.6 Å². The van der Waals surface area contributed by atoms with Crippen molar-refractivity contribution in [1.82, 2.24) is 0 Å². The number of nitrogens with two attached hydrogens (primary N) is 1. The van der Waals surface area contributed by atoms with E-state index < -0.39 is 5.91 Å². The van der Waals surface area contributed by atoms with Gasteiger partial charge in [0.1, 0.15) is 36.4 Å². The van der Waals surface area contributed by atoms with Crippen LogP contribution in [0, 0.1) is 11.3 Å². The van der Waals surface area contributed by atoms with Crippen LogP contribution in [0.1, 0.15) is 31.9 Å². The number of rotatable bonds is 7. The van der Waals surface area contributed by atoms with Gasteiger partial charge in [-0.25, -0.2) is 0 Å². The van der Waals surface area contributed by atoms with Gasteiger partial charge in [-0.2, -0.15) is 5.26 Å². The highest BCUT2D eigenvalue weighted by Gasteiger charge is 2.13. The van der Waals surface area contributed by atoms with Crippen LogP contribution in [0.25, 0.3) is 6.08 Å². The SMILES string of the molecule is CC(C)(C)c1ccc(OCCOc2ccccc2/C=C(\C#N)C(N)=O)cc1. The Bertz CT molecular complexity index is 856. The predicted molar refractivity (Wildman–Crippen MR) is 105 cm³/mol. The maximum atomic E-state index is 11.2. The summed E-state index contributed by atoms with van der Waals surface area (Å²) in [5.74, 6) is 0.563. The molecule has 5 heteroatoms. The van der Waals surface area contributed by atoms with Crippen LogP contribution in [0.5, 0.6) is 11.5 Å². The van der Waals surface area contributed by atoms with Crippen LogP contribution < -0.4 is 15.2 Å². The number of benzene rings is 2. The van der Waals surface area contributed by atoms with E-state index in [0.29, 0.717) is 24.5 Å². The quantitative estimate of drug-likeness (QED) is 0.459. The molecule has 0 radical (unpaired) electrons. The van der Waals surface area contributed by atoms with Gasteiger partial charge in [-0.3, -0.25) is 4.79 Å². The molecule has 0 unspecified atom stereocenters. The molecule has 140 valence electrons. The minimum atomic E-state index is -0.769. The van der Waals surface area contributed by atoms with Crippen LogP contribution in [0.3, 0.4) is 0 Å². The summed E-state index contributed by atoms with van der Waals surface area (Å²) >= 11 is 0. The Kier molecular flexibility index (Phi) is 6.62. The van der Waals surface area contributed by atoms with Crippen molar-refractivity contribution in [2.75, 3.05) is 13.2 Å². The molecule has 0 spiro atoms. The first-order valence-electron chi connectivity index (χ1n) is 8.68. The summed E-state index contributed by atoms with van der Waals surface area (Å²) in [7, 11) is 0. The van der Waals surface area contributed by atoms with Gasteiger partial charge in [-0.15, -0.1) is 0 Å². The van der Waals surface area contributed by atoms with Crippen molar-refractivity contribution in [2.24, 2.45) is 5.73 Å². The van der Waals surface area contributed by atoms with Crippen molar-refractivity contribution in [2.45, 2.75) is 26.2 Å². The van der Waals surface area contributed by atoms with E-state index in [9.17, 15) is 4.79 Å². The number of carbonyl (C=O) groups excluding carboxylic acids is 1. The highest BCUT2D eigenvalue weighted by atomic mass is 16.5. The average molecular weight is 364 g/mol. The fourth-order valence-corrected chi connectivity index (χ4v) is 2.41. The number of primary amides is 1. The van der Waals surface area contributed by atoms with E-state index >= 15 is 0 Å². The molecule has 0 saturated heterocycles. The van der Waals surface area contributed by atoms with Crippen LogP contribution in [0.2, 0.25) is 0 Å². The molecule has 1 amide bonds. The smallest absolute Gasteiger partial charge is 0.259 e. The molecule has 27 heavy (non-hydrogen) atoms. The molecular weight excluding hydrogens is 340 g/mol. The summed E-state index contributed by atoms with van der Waals surface area (Å²) < 4.78 is 11.4. The zero-order chi connectivity index (χ0) is 19.9. The Balaban J connectivity index is 1.95. The van der Waals surface area contributed by atoms with Crippen LogP contribution >= 0.6 is 0 Å². The molecule has 0 bridgehead atoms. The second-order valence-electron chi connectivity index (χ2n) is 7.04. The molecular formula is C22H24N2O3. The van der Waals surface area contributed by atoms with Gasteiger partial charge >= 0.3 is 0 Å². The van der Waals surface area contributed by atoms with Gasteiger partial charge in [-0.05, 0) is 35.3 Å². The van der Waals surface area contributed by atoms with E-state index in [1.807, 2.05) is 18.2 Å². The minimum Gasteiger partial charge on any atom is -0.490 e. The average Bonchev–Trinajstić information content (AvgIpc) is 2.63. The lowest BCUT2D eigenvalue weighted by Crippen LogP contribution is -2.13. The van der Waals surface area contributed by atoms with Gasteiger partial charge in [0, 0.05) is 5.56 Å². The number of hydrogen-bond donors (Lipinski definition) is 1. The van der Waals surface area contributed by atoms with Crippen molar-refractivity contribution in [3.05, 3.63) is 65.2 Å². The summed E-state index contributed by atoms with van der Waals surface area (Å²) in [6, 6.07) is 16.9. The number of carbonyl (C=O) groups is 1. The molecule has 0 heterocycles. The number of hydrogen-bond acceptors (Lipinski definition) is 4. The molecule has 0 aliphatic rings. The van der Waals surface area contributed by atoms with Crippen molar-refractivity contribution in [3.63, 3.8) is 0 Å². The molecule has 2 rings (SSSR count). The first-order valence-corrected chi connectivity index (χ1v) is 8.68. The molecule has 2 aromatic rings. The molecule has 0 atom stereocenters. The second kappa shape index (κ2) is 8.91. The molecule has 0 fully saturated rings. The normalized spacial score (nSPS) is 11.6. The lowest BCUT2D eigenvalue weighted by molar-refractivity contribution is -0.114. The summed E-state index contributed by atoms with van der Waals surface area (Å²) in [6.45, 7) is 7.19. The van der Waals surface area contributed by atoms with Gasteiger partial charge in [0.05, 0.1) is 0 Å². The maximum absolute atomic E-state index is 11.2. The van der Waals surface area contributed by atoms with Gasteiger partial charge in [0.2, 0.25) is 0 Å². The Labute approximate surface area is 160 Å². The summed E-state index contributed by atoms with van der Waals surface area (Å²) in [6.07, 6.45) is 1.42.